The molecule has 2 atom stereocenters. The third-order valence-corrected chi connectivity index (χ3v) is 5.99. The predicted molar refractivity (Wildman–Crippen MR) is 132 cm³/mol. The third-order valence-electron chi connectivity index (χ3n) is 5.76. The van der Waals surface area contributed by atoms with Gasteiger partial charge in [0.25, 0.3) is 5.56 Å². The number of carboxylic acid groups (broad SMARTS) is 1. The van der Waals surface area contributed by atoms with Crippen molar-refractivity contribution in [3.8, 4) is 11.4 Å². The van der Waals surface area contributed by atoms with Crippen molar-refractivity contribution in [3.63, 3.8) is 0 Å². The van der Waals surface area contributed by atoms with Gasteiger partial charge in [0, 0.05) is 16.6 Å². The smallest absolute Gasteiger partial charge is 0.307 e. The zero-order valence-electron chi connectivity index (χ0n) is 19.0. The number of hydrogen-bond donors (Lipinski definition) is 2. The average Bonchev–Trinajstić information content (AvgIpc) is 3.54. The summed E-state index contributed by atoms with van der Waals surface area (Å²) in [5.41, 5.74) is 1.91. The number of nitrogens with one attached hydrogen (secondary N) is 1. The lowest BCUT2D eigenvalue weighted by atomic mass is 10.1. The highest BCUT2D eigenvalue weighted by Crippen LogP contribution is 2.48. The summed E-state index contributed by atoms with van der Waals surface area (Å²) in [5, 5.41) is 12.6. The Kier molecular flexibility index (Phi) is 6.84. The van der Waals surface area contributed by atoms with Crippen LogP contribution in [0.4, 0.5) is 0 Å². The fourth-order valence-electron chi connectivity index (χ4n) is 4.13. The standard InChI is InChI=1S/C26H26ClN3O4/c1-15(2)28-23(31)14-30-25(18-6-3-7-19(27)11-18)29-22-10-9-17(13-21(22)26(30)34)20-12-16(20)5-4-8-24(32)33/h3-7,9-11,13,15-16,20H,8,12,14H2,1-2H3,(H,28,31)(H,32,33). The molecule has 7 nitrogen and oxygen atoms in total. The molecule has 2 aromatic carbocycles. The van der Waals surface area contributed by atoms with E-state index in [1.807, 2.05) is 44.2 Å². The molecule has 2 N–H and O–H groups in total. The van der Waals surface area contributed by atoms with E-state index < -0.39 is 5.97 Å². The van der Waals surface area contributed by atoms with Crippen molar-refractivity contribution in [2.45, 2.75) is 45.2 Å². The van der Waals surface area contributed by atoms with E-state index in [4.69, 9.17) is 21.7 Å². The molecule has 1 aliphatic carbocycles. The van der Waals surface area contributed by atoms with Gasteiger partial charge in [-0.3, -0.25) is 19.0 Å². The summed E-state index contributed by atoms with van der Waals surface area (Å²) in [6, 6.07) is 12.6. The molecule has 1 saturated carbocycles. The van der Waals surface area contributed by atoms with Crippen LogP contribution in [0, 0.1) is 5.92 Å². The zero-order chi connectivity index (χ0) is 24.4. The molecule has 34 heavy (non-hydrogen) atoms. The minimum Gasteiger partial charge on any atom is -0.481 e. The minimum absolute atomic E-state index is 0.000287. The third kappa shape index (κ3) is 5.37. The number of benzene rings is 2. The molecule has 4 rings (SSSR count). The second-order valence-corrected chi connectivity index (χ2v) is 9.30. The number of fused-ring (bicyclic) bond motifs is 1. The molecule has 1 heterocycles. The summed E-state index contributed by atoms with van der Waals surface area (Å²) >= 11 is 6.18. The number of halogens is 1. The van der Waals surface area contributed by atoms with Crippen LogP contribution in [0.15, 0.2) is 59.4 Å². The first kappa shape index (κ1) is 23.7. The van der Waals surface area contributed by atoms with Crippen LogP contribution in [-0.4, -0.2) is 32.6 Å². The lowest BCUT2D eigenvalue weighted by Gasteiger charge is -2.15. The van der Waals surface area contributed by atoms with E-state index in [-0.39, 0.29) is 42.3 Å². The van der Waals surface area contributed by atoms with Gasteiger partial charge in [0.1, 0.15) is 12.4 Å². The molecule has 0 spiro atoms. The molecule has 0 radical (unpaired) electrons. The normalized spacial score (nSPS) is 17.4. The largest absolute Gasteiger partial charge is 0.481 e. The van der Waals surface area contributed by atoms with Gasteiger partial charge in [0.05, 0.1) is 17.3 Å². The summed E-state index contributed by atoms with van der Waals surface area (Å²) in [7, 11) is 0. The molecular weight excluding hydrogens is 454 g/mol. The van der Waals surface area contributed by atoms with E-state index in [2.05, 4.69) is 5.32 Å². The summed E-state index contributed by atoms with van der Waals surface area (Å²) in [5.74, 6) is -0.257. The summed E-state index contributed by atoms with van der Waals surface area (Å²) in [6.07, 6.45) is 4.51. The predicted octanol–water partition coefficient (Wildman–Crippen LogP) is 4.38. The molecule has 1 aliphatic rings. The molecule has 0 aliphatic heterocycles. The van der Waals surface area contributed by atoms with Gasteiger partial charge in [0.2, 0.25) is 5.91 Å². The first-order valence-corrected chi connectivity index (χ1v) is 11.6. The van der Waals surface area contributed by atoms with Gasteiger partial charge < -0.3 is 10.4 Å². The Labute approximate surface area is 202 Å². The lowest BCUT2D eigenvalue weighted by molar-refractivity contribution is -0.136. The van der Waals surface area contributed by atoms with Crippen LogP contribution in [0.25, 0.3) is 22.3 Å². The molecule has 0 saturated heterocycles. The molecule has 3 aromatic rings. The maximum absolute atomic E-state index is 13.6. The fraction of sp³-hybridized carbons (Fsp3) is 0.308. The van der Waals surface area contributed by atoms with E-state index in [0.717, 1.165) is 12.0 Å². The molecule has 2 unspecified atom stereocenters. The van der Waals surface area contributed by atoms with Gasteiger partial charge in [-0.25, -0.2) is 4.98 Å². The van der Waals surface area contributed by atoms with Gasteiger partial charge >= 0.3 is 5.97 Å². The van der Waals surface area contributed by atoms with Gasteiger partial charge in [-0.15, -0.1) is 0 Å². The van der Waals surface area contributed by atoms with Crippen LogP contribution in [0.2, 0.25) is 5.02 Å². The van der Waals surface area contributed by atoms with Crippen molar-refractivity contribution in [1.29, 1.82) is 0 Å². The van der Waals surface area contributed by atoms with E-state index in [9.17, 15) is 14.4 Å². The van der Waals surface area contributed by atoms with Crippen molar-refractivity contribution in [3.05, 3.63) is 75.6 Å². The van der Waals surface area contributed by atoms with E-state index in [0.29, 0.717) is 27.3 Å². The number of aliphatic carboxylic acids is 1. The van der Waals surface area contributed by atoms with Crippen LogP contribution in [0.5, 0.6) is 0 Å². The Hall–Kier alpha value is -3.45. The first-order chi connectivity index (χ1) is 16.2. The van der Waals surface area contributed by atoms with E-state index in [1.54, 1.807) is 24.3 Å². The number of carboxylic acids is 1. The first-order valence-electron chi connectivity index (χ1n) is 11.2. The van der Waals surface area contributed by atoms with Crippen LogP contribution < -0.4 is 10.9 Å². The maximum atomic E-state index is 13.6. The average molecular weight is 480 g/mol. The van der Waals surface area contributed by atoms with Gasteiger partial charge in [-0.05, 0) is 61.9 Å². The highest BCUT2D eigenvalue weighted by atomic mass is 35.5. The number of amides is 1. The molecule has 1 amide bonds. The SMILES string of the molecule is CC(C)NC(=O)Cn1c(-c2cccc(Cl)c2)nc2ccc(C3CC3C=CCC(=O)O)cc2c1=O. The van der Waals surface area contributed by atoms with Gasteiger partial charge in [0.15, 0.2) is 0 Å². The number of carbonyl (C=O) groups is 2. The topological polar surface area (TPSA) is 101 Å². The van der Waals surface area contributed by atoms with Crippen LogP contribution in [0.1, 0.15) is 38.2 Å². The van der Waals surface area contributed by atoms with Crippen molar-refractivity contribution in [2.24, 2.45) is 5.92 Å². The molecule has 176 valence electrons. The van der Waals surface area contributed by atoms with E-state index in [1.165, 1.54) is 4.57 Å². The molecule has 0 bridgehead atoms. The fourth-order valence-corrected chi connectivity index (χ4v) is 4.32. The summed E-state index contributed by atoms with van der Waals surface area (Å²) in [4.78, 5) is 41.6. The molecule has 1 aromatic heterocycles. The minimum atomic E-state index is -0.859. The zero-order valence-corrected chi connectivity index (χ0v) is 19.7. The second kappa shape index (κ2) is 9.81. The van der Waals surface area contributed by atoms with Gasteiger partial charge in [-0.1, -0.05) is 42.0 Å². The highest BCUT2D eigenvalue weighted by molar-refractivity contribution is 6.30. The Morgan fingerprint density at radius 3 is 2.76 bits per heavy atom. The van der Waals surface area contributed by atoms with Crippen LogP contribution in [0.3, 0.4) is 0 Å². The maximum Gasteiger partial charge on any atom is 0.307 e. The number of nitrogens with zero attached hydrogens (tertiary/aromatic N) is 2. The summed E-state index contributed by atoms with van der Waals surface area (Å²) < 4.78 is 1.40. The number of allylic oxidation sites excluding steroid dienone is 1. The van der Waals surface area contributed by atoms with Crippen LogP contribution >= 0.6 is 11.6 Å². The van der Waals surface area contributed by atoms with E-state index >= 15 is 0 Å². The Bertz CT molecular complexity index is 1350. The highest BCUT2D eigenvalue weighted by Gasteiger charge is 2.36. The molecular formula is C26H26ClN3O4. The monoisotopic (exact) mass is 479 g/mol. The lowest BCUT2D eigenvalue weighted by Crippen LogP contribution is -2.37. The number of hydrogen-bond acceptors (Lipinski definition) is 4. The van der Waals surface area contributed by atoms with Crippen molar-refractivity contribution >= 4 is 34.4 Å². The Morgan fingerprint density at radius 2 is 2.06 bits per heavy atom. The Morgan fingerprint density at radius 1 is 1.26 bits per heavy atom. The van der Waals surface area contributed by atoms with Gasteiger partial charge in [-0.2, -0.15) is 0 Å². The number of aromatic nitrogens is 2. The summed E-state index contributed by atoms with van der Waals surface area (Å²) in [6.45, 7) is 3.57. The second-order valence-electron chi connectivity index (χ2n) is 8.87. The Balaban J connectivity index is 1.74. The molecule has 1 fully saturated rings. The van der Waals surface area contributed by atoms with Crippen molar-refractivity contribution < 1.29 is 14.7 Å². The van der Waals surface area contributed by atoms with Crippen LogP contribution in [-0.2, 0) is 16.1 Å². The number of carbonyl (C=O) groups excluding carboxylic acids is 1. The molecule has 8 heteroatoms. The number of rotatable bonds is 8. The van der Waals surface area contributed by atoms with Crippen molar-refractivity contribution in [1.82, 2.24) is 14.9 Å². The van der Waals surface area contributed by atoms with Crippen molar-refractivity contribution in [2.75, 3.05) is 0 Å². The quantitative estimate of drug-likeness (QED) is 0.467.